The molecule has 3 amide bonds. The molecule has 4 heterocycles. The number of benzene rings is 1. The van der Waals surface area contributed by atoms with Crippen molar-refractivity contribution in [2.24, 2.45) is 0 Å². The van der Waals surface area contributed by atoms with E-state index in [0.717, 1.165) is 27.6 Å². The molecule has 1 saturated carbocycles. The van der Waals surface area contributed by atoms with Gasteiger partial charge < -0.3 is 14.8 Å². The molecule has 1 saturated heterocycles. The highest BCUT2D eigenvalue weighted by Crippen LogP contribution is 2.35. The Kier molecular flexibility index (Phi) is 8.35. The average Bonchev–Trinajstić information content (AvgIpc) is 3.52. The van der Waals surface area contributed by atoms with Crippen molar-refractivity contribution >= 4 is 34.3 Å². The van der Waals surface area contributed by atoms with Crippen molar-refractivity contribution in [1.82, 2.24) is 24.6 Å². The van der Waals surface area contributed by atoms with Crippen molar-refractivity contribution in [2.75, 3.05) is 23.9 Å². The number of alkyl halides is 5. The van der Waals surface area contributed by atoms with Crippen molar-refractivity contribution in [3.05, 3.63) is 66.1 Å². The average molecular weight is 646 g/mol. The first-order valence-corrected chi connectivity index (χ1v) is 14.4. The van der Waals surface area contributed by atoms with Gasteiger partial charge in [0, 0.05) is 18.3 Å². The molecule has 242 valence electrons. The zero-order valence-corrected chi connectivity index (χ0v) is 24.4. The number of ether oxygens (including phenoxy) is 2. The molecule has 11 nitrogen and oxygen atoms in total. The number of pyridine rings is 2. The second-order valence-corrected chi connectivity index (χ2v) is 11.0. The number of anilines is 2. The van der Waals surface area contributed by atoms with E-state index in [1.54, 1.807) is 31.5 Å². The van der Waals surface area contributed by atoms with E-state index in [0.29, 0.717) is 54.4 Å². The van der Waals surface area contributed by atoms with Crippen LogP contribution < -0.4 is 19.7 Å². The number of methoxy groups -OCH3 is 1. The van der Waals surface area contributed by atoms with E-state index in [1.165, 1.54) is 4.68 Å². The number of amides is 3. The molecule has 46 heavy (non-hydrogen) atoms. The number of halogens is 5. The van der Waals surface area contributed by atoms with Crippen LogP contribution in [-0.2, 0) is 17.5 Å². The summed E-state index contributed by atoms with van der Waals surface area (Å²) in [6, 6.07) is 8.46. The first-order chi connectivity index (χ1) is 22.0. The molecule has 1 N–H and O–H groups in total. The minimum absolute atomic E-state index is 0.0825. The summed E-state index contributed by atoms with van der Waals surface area (Å²) in [6.07, 6.45) is 0.738. The Morgan fingerprint density at radius 2 is 1.76 bits per heavy atom. The molecule has 0 spiro atoms. The Bertz CT molecular complexity index is 1740. The van der Waals surface area contributed by atoms with Crippen LogP contribution in [0.2, 0.25) is 0 Å². The van der Waals surface area contributed by atoms with E-state index in [1.807, 2.05) is 12.1 Å². The van der Waals surface area contributed by atoms with E-state index in [-0.39, 0.29) is 30.7 Å². The number of nitrogens with zero attached hydrogens (tertiary/aromatic N) is 6. The fourth-order valence-electron chi connectivity index (χ4n) is 5.82. The SMILES string of the molecule is COc1ccc(Cn2nc(OC(F)F)c3cc(N[C@H]4CC[C@H](N5C(=O)CN(c6cncc(C(F)(F)F)c6)C5=O)CC4)cnc32)cc1. The molecule has 0 bridgehead atoms. The summed E-state index contributed by atoms with van der Waals surface area (Å²) in [6.45, 7) is -3.20. The number of carbonyl (C=O) groups is 2. The van der Waals surface area contributed by atoms with Gasteiger partial charge >= 0.3 is 18.8 Å². The third-order valence-corrected chi connectivity index (χ3v) is 8.04. The summed E-state index contributed by atoms with van der Waals surface area (Å²) in [5.41, 5.74) is 0.638. The Balaban J connectivity index is 1.12. The van der Waals surface area contributed by atoms with Gasteiger partial charge in [0.05, 0.1) is 48.4 Å². The monoisotopic (exact) mass is 645 g/mol. The number of urea groups is 1. The fraction of sp³-hybridized carbons (Fsp3) is 0.367. The molecule has 3 aromatic heterocycles. The van der Waals surface area contributed by atoms with Gasteiger partial charge in [0.25, 0.3) is 5.91 Å². The van der Waals surface area contributed by atoms with Gasteiger partial charge in [-0.3, -0.25) is 19.6 Å². The smallest absolute Gasteiger partial charge is 0.417 e. The maximum absolute atomic E-state index is 13.2. The first kappa shape index (κ1) is 31.0. The topological polar surface area (TPSA) is 115 Å². The van der Waals surface area contributed by atoms with Crippen molar-refractivity contribution in [1.29, 1.82) is 0 Å². The van der Waals surface area contributed by atoms with Crippen LogP contribution in [0.25, 0.3) is 11.0 Å². The van der Waals surface area contributed by atoms with Crippen LogP contribution in [-0.4, -0.2) is 68.9 Å². The predicted molar refractivity (Wildman–Crippen MR) is 155 cm³/mol. The van der Waals surface area contributed by atoms with Crippen LogP contribution in [0.5, 0.6) is 11.6 Å². The van der Waals surface area contributed by atoms with E-state index in [4.69, 9.17) is 9.47 Å². The second-order valence-electron chi connectivity index (χ2n) is 11.0. The van der Waals surface area contributed by atoms with Gasteiger partial charge in [-0.2, -0.15) is 22.0 Å². The quantitative estimate of drug-likeness (QED) is 0.182. The summed E-state index contributed by atoms with van der Waals surface area (Å²) in [7, 11) is 1.55. The Morgan fingerprint density at radius 3 is 2.43 bits per heavy atom. The highest BCUT2D eigenvalue weighted by atomic mass is 19.4. The molecule has 6 rings (SSSR count). The van der Waals surface area contributed by atoms with Crippen LogP contribution in [0.15, 0.2) is 55.0 Å². The molecule has 2 fully saturated rings. The standard InChI is InChI=1S/C30H28F5N7O4/c1-45-23-8-2-17(3-9-23)15-41-26-24(27(39-41)46-28(31)32)11-20(13-37-26)38-19-4-6-21(7-5-19)42-25(43)16-40(29(42)44)22-10-18(12-36-14-22)30(33,34)35/h2-3,8-14,19,21,28,38H,4-7,15-16H2,1H3/t19-,21-. The van der Waals surface area contributed by atoms with Crippen LogP contribution in [0.3, 0.4) is 0 Å². The summed E-state index contributed by atoms with van der Waals surface area (Å²) < 4.78 is 77.3. The van der Waals surface area contributed by atoms with Gasteiger partial charge in [0.1, 0.15) is 12.3 Å². The van der Waals surface area contributed by atoms with Gasteiger partial charge in [0.2, 0.25) is 5.88 Å². The second kappa shape index (κ2) is 12.4. The fourth-order valence-corrected chi connectivity index (χ4v) is 5.82. The molecule has 0 radical (unpaired) electrons. The van der Waals surface area contributed by atoms with Crippen molar-refractivity contribution in [3.8, 4) is 11.6 Å². The molecule has 16 heteroatoms. The number of rotatable bonds is 9. The van der Waals surface area contributed by atoms with Gasteiger partial charge in [-0.05, 0) is 55.5 Å². The van der Waals surface area contributed by atoms with E-state index in [2.05, 4.69) is 20.4 Å². The number of fused-ring (bicyclic) bond motifs is 1. The summed E-state index contributed by atoms with van der Waals surface area (Å²) >= 11 is 0. The first-order valence-electron chi connectivity index (χ1n) is 14.4. The number of imide groups is 1. The van der Waals surface area contributed by atoms with Gasteiger partial charge in [0.15, 0.2) is 5.65 Å². The van der Waals surface area contributed by atoms with Crippen molar-refractivity contribution in [2.45, 2.75) is 57.1 Å². The molecule has 0 atom stereocenters. The van der Waals surface area contributed by atoms with Crippen molar-refractivity contribution < 1.29 is 41.0 Å². The minimum atomic E-state index is -4.64. The highest BCUT2D eigenvalue weighted by Gasteiger charge is 2.43. The van der Waals surface area contributed by atoms with Crippen LogP contribution in [0.4, 0.5) is 38.1 Å². The molecule has 1 aromatic carbocycles. The summed E-state index contributed by atoms with van der Waals surface area (Å²) in [5.74, 6) is -0.0800. The Labute approximate surface area is 258 Å². The van der Waals surface area contributed by atoms with Gasteiger partial charge in [-0.25, -0.2) is 14.5 Å². The lowest BCUT2D eigenvalue weighted by Crippen LogP contribution is -2.44. The third-order valence-electron chi connectivity index (χ3n) is 8.04. The number of hydrogen-bond acceptors (Lipinski definition) is 8. The Hall–Kier alpha value is -5.02. The lowest BCUT2D eigenvalue weighted by atomic mass is 9.90. The molecule has 1 aliphatic heterocycles. The molecule has 0 unspecified atom stereocenters. The predicted octanol–water partition coefficient (Wildman–Crippen LogP) is 5.70. The maximum atomic E-state index is 13.2. The minimum Gasteiger partial charge on any atom is -0.497 e. The molecule has 4 aromatic rings. The maximum Gasteiger partial charge on any atom is 0.417 e. The van der Waals surface area contributed by atoms with Gasteiger partial charge in [-0.15, -0.1) is 5.10 Å². The third kappa shape index (κ3) is 6.37. The van der Waals surface area contributed by atoms with Crippen molar-refractivity contribution in [3.63, 3.8) is 0 Å². The normalized spacial score (nSPS) is 18.9. The largest absolute Gasteiger partial charge is 0.497 e. The van der Waals surface area contributed by atoms with Crippen LogP contribution >= 0.6 is 0 Å². The lowest BCUT2D eigenvalue weighted by Gasteiger charge is -2.34. The summed E-state index contributed by atoms with van der Waals surface area (Å²) in [4.78, 5) is 36.2. The zero-order chi connectivity index (χ0) is 32.6. The highest BCUT2D eigenvalue weighted by molar-refractivity contribution is 6.12. The summed E-state index contributed by atoms with van der Waals surface area (Å²) in [5, 5.41) is 7.87. The van der Waals surface area contributed by atoms with Crippen LogP contribution in [0.1, 0.15) is 36.8 Å². The number of carbonyl (C=O) groups excluding carboxylic acids is 2. The van der Waals surface area contributed by atoms with E-state index >= 15 is 0 Å². The number of hydrogen-bond donors (Lipinski definition) is 1. The Morgan fingerprint density at radius 1 is 1.02 bits per heavy atom. The molecule has 1 aliphatic carbocycles. The number of nitrogens with one attached hydrogen (secondary N) is 1. The molecule has 2 aliphatic rings. The van der Waals surface area contributed by atoms with E-state index < -0.39 is 36.3 Å². The molecular formula is C30H28F5N7O4. The van der Waals surface area contributed by atoms with Crippen LogP contribution in [0, 0.1) is 0 Å². The van der Waals surface area contributed by atoms with Gasteiger partial charge in [-0.1, -0.05) is 12.1 Å². The number of aromatic nitrogens is 4. The van der Waals surface area contributed by atoms with E-state index in [9.17, 15) is 31.5 Å². The molecular weight excluding hydrogens is 617 g/mol. The lowest BCUT2D eigenvalue weighted by molar-refractivity contribution is -0.137. The zero-order valence-electron chi connectivity index (χ0n) is 24.4.